The molecule has 0 spiro atoms. The maximum Gasteiger partial charge on any atom is 0.141 e. The van der Waals surface area contributed by atoms with Gasteiger partial charge < -0.3 is 10.4 Å². The van der Waals surface area contributed by atoms with E-state index in [2.05, 4.69) is 10.3 Å². The number of rotatable bonds is 4. The van der Waals surface area contributed by atoms with E-state index in [-0.39, 0.29) is 6.61 Å². The molecule has 0 saturated carbocycles. The van der Waals surface area contributed by atoms with E-state index in [1.54, 1.807) is 6.20 Å². The summed E-state index contributed by atoms with van der Waals surface area (Å²) in [5.74, 6) is -0.414. The third-order valence-electron chi connectivity index (χ3n) is 3.13. The van der Waals surface area contributed by atoms with Crippen LogP contribution in [0.4, 0.5) is 10.1 Å². The van der Waals surface area contributed by atoms with Crippen molar-refractivity contribution in [1.82, 2.24) is 4.98 Å². The predicted octanol–water partition coefficient (Wildman–Crippen LogP) is 2.85. The molecule has 2 aromatic rings. The summed E-state index contributed by atoms with van der Waals surface area (Å²) in [5, 5.41) is 12.9. The Hall–Kier alpha value is -1.94. The normalized spacial score (nSPS) is 13.9. The fourth-order valence-corrected chi connectivity index (χ4v) is 1.87. The molecule has 1 unspecified atom stereocenters. The maximum absolute atomic E-state index is 13.3. The highest BCUT2D eigenvalue weighted by Crippen LogP contribution is 2.25. The van der Waals surface area contributed by atoms with E-state index in [4.69, 9.17) is 0 Å². The van der Waals surface area contributed by atoms with Crippen molar-refractivity contribution in [3.05, 3.63) is 59.7 Å². The van der Waals surface area contributed by atoms with E-state index in [1.165, 1.54) is 6.07 Å². The number of nitrogens with one attached hydrogen (secondary N) is 1. The van der Waals surface area contributed by atoms with Crippen molar-refractivity contribution in [1.29, 1.82) is 0 Å². The van der Waals surface area contributed by atoms with Crippen LogP contribution in [0.1, 0.15) is 18.1 Å². The number of nitrogens with zero attached hydrogens (tertiary/aromatic N) is 1. The molecule has 4 heteroatoms. The molecule has 0 saturated heterocycles. The number of halogens is 1. The van der Waals surface area contributed by atoms with Gasteiger partial charge in [0.05, 0.1) is 18.3 Å². The van der Waals surface area contributed by atoms with Crippen LogP contribution in [0.25, 0.3) is 0 Å². The first kappa shape index (κ1) is 13.5. The number of pyridine rings is 1. The smallest absolute Gasteiger partial charge is 0.141 e. The lowest BCUT2D eigenvalue weighted by Gasteiger charge is -2.30. The van der Waals surface area contributed by atoms with Crippen LogP contribution in [0.3, 0.4) is 0 Å². The van der Waals surface area contributed by atoms with E-state index in [0.717, 1.165) is 17.4 Å². The monoisotopic (exact) mass is 260 g/mol. The summed E-state index contributed by atoms with van der Waals surface area (Å²) in [4.78, 5) is 3.83. The van der Waals surface area contributed by atoms with Gasteiger partial charge in [0.25, 0.3) is 0 Å². The predicted molar refractivity (Wildman–Crippen MR) is 73.4 cm³/mol. The van der Waals surface area contributed by atoms with Gasteiger partial charge >= 0.3 is 0 Å². The number of hydrogen-bond donors (Lipinski definition) is 2. The third-order valence-corrected chi connectivity index (χ3v) is 3.13. The summed E-state index contributed by atoms with van der Waals surface area (Å²) in [6.07, 6.45) is 2.70. The van der Waals surface area contributed by atoms with E-state index in [0.29, 0.717) is 5.56 Å². The molecule has 0 aliphatic rings. The molecule has 1 aromatic carbocycles. The number of aryl methyl sites for hydroxylation is 1. The molecule has 1 aromatic heterocycles. The van der Waals surface area contributed by atoms with Crippen LogP contribution in [-0.4, -0.2) is 16.7 Å². The SMILES string of the molecule is Cc1ccc(NC(C)(CO)c2cncc(F)c2)cc1. The first-order valence-corrected chi connectivity index (χ1v) is 6.10. The fraction of sp³-hybridized carbons (Fsp3) is 0.267. The maximum atomic E-state index is 13.3. The molecule has 0 fully saturated rings. The molecule has 2 rings (SSSR count). The van der Waals surface area contributed by atoms with Crippen molar-refractivity contribution in [2.75, 3.05) is 11.9 Å². The topological polar surface area (TPSA) is 45.1 Å². The van der Waals surface area contributed by atoms with Crippen LogP contribution in [-0.2, 0) is 5.54 Å². The second-order valence-corrected chi connectivity index (χ2v) is 4.87. The second-order valence-electron chi connectivity index (χ2n) is 4.87. The fourth-order valence-electron chi connectivity index (χ4n) is 1.87. The molecule has 0 radical (unpaired) electrons. The summed E-state index contributed by atoms with van der Waals surface area (Å²) < 4.78 is 13.3. The van der Waals surface area contributed by atoms with E-state index in [9.17, 15) is 9.50 Å². The van der Waals surface area contributed by atoms with E-state index < -0.39 is 11.4 Å². The molecular weight excluding hydrogens is 243 g/mol. The summed E-state index contributed by atoms with van der Waals surface area (Å²) in [6, 6.07) is 9.18. The van der Waals surface area contributed by atoms with Gasteiger partial charge in [-0.05, 0) is 32.0 Å². The van der Waals surface area contributed by atoms with Gasteiger partial charge in [0.2, 0.25) is 0 Å². The lowest BCUT2D eigenvalue weighted by Crippen LogP contribution is -2.36. The zero-order valence-electron chi connectivity index (χ0n) is 11.0. The highest BCUT2D eigenvalue weighted by Gasteiger charge is 2.26. The van der Waals surface area contributed by atoms with Crippen molar-refractivity contribution in [2.24, 2.45) is 0 Å². The molecule has 1 heterocycles. The van der Waals surface area contributed by atoms with Gasteiger partial charge in [-0.25, -0.2) is 4.39 Å². The molecule has 0 aliphatic heterocycles. The van der Waals surface area contributed by atoms with E-state index in [1.807, 2.05) is 38.1 Å². The number of aromatic nitrogens is 1. The minimum absolute atomic E-state index is 0.161. The number of hydrogen-bond acceptors (Lipinski definition) is 3. The van der Waals surface area contributed by atoms with Gasteiger partial charge in [-0.1, -0.05) is 17.7 Å². The van der Waals surface area contributed by atoms with Crippen LogP contribution < -0.4 is 5.32 Å². The van der Waals surface area contributed by atoms with Crippen LogP contribution >= 0.6 is 0 Å². The van der Waals surface area contributed by atoms with Gasteiger partial charge in [-0.2, -0.15) is 0 Å². The second kappa shape index (κ2) is 5.36. The summed E-state index contributed by atoms with van der Waals surface area (Å²) >= 11 is 0. The van der Waals surface area contributed by atoms with Crippen molar-refractivity contribution in [3.63, 3.8) is 0 Å². The first-order chi connectivity index (χ1) is 9.03. The number of anilines is 1. The molecule has 19 heavy (non-hydrogen) atoms. The van der Waals surface area contributed by atoms with Gasteiger partial charge in [-0.3, -0.25) is 4.98 Å². The summed E-state index contributed by atoms with van der Waals surface area (Å²) in [6.45, 7) is 3.65. The average Bonchev–Trinajstić information content (AvgIpc) is 2.41. The summed E-state index contributed by atoms with van der Waals surface area (Å²) in [7, 11) is 0. The zero-order chi connectivity index (χ0) is 13.9. The standard InChI is InChI=1S/C15H17FN2O/c1-11-3-5-14(6-4-11)18-15(2,10-19)12-7-13(16)9-17-8-12/h3-9,18-19H,10H2,1-2H3. The Bertz CT molecular complexity index is 556. The number of benzene rings is 1. The van der Waals surface area contributed by atoms with Crippen molar-refractivity contribution in [2.45, 2.75) is 19.4 Å². The van der Waals surface area contributed by atoms with Crippen molar-refractivity contribution >= 4 is 5.69 Å². The third kappa shape index (κ3) is 3.09. The molecule has 100 valence electrons. The summed E-state index contributed by atoms with van der Waals surface area (Å²) in [5.41, 5.74) is 1.86. The Kier molecular flexibility index (Phi) is 3.81. The van der Waals surface area contributed by atoms with Crippen LogP contribution in [0.15, 0.2) is 42.7 Å². The quantitative estimate of drug-likeness (QED) is 0.888. The Morgan fingerprint density at radius 3 is 2.53 bits per heavy atom. The van der Waals surface area contributed by atoms with Crippen molar-refractivity contribution < 1.29 is 9.50 Å². The molecule has 1 atom stereocenters. The van der Waals surface area contributed by atoms with Gasteiger partial charge in [0, 0.05) is 17.4 Å². The minimum Gasteiger partial charge on any atom is -0.394 e. The van der Waals surface area contributed by atoms with E-state index >= 15 is 0 Å². The molecule has 0 aliphatic carbocycles. The Labute approximate surface area is 112 Å². The van der Waals surface area contributed by atoms with Gasteiger partial charge in [-0.15, -0.1) is 0 Å². The molecule has 0 amide bonds. The Morgan fingerprint density at radius 1 is 1.26 bits per heavy atom. The van der Waals surface area contributed by atoms with Crippen molar-refractivity contribution in [3.8, 4) is 0 Å². The van der Waals surface area contributed by atoms with Crippen LogP contribution in [0, 0.1) is 12.7 Å². The van der Waals surface area contributed by atoms with Gasteiger partial charge in [0.15, 0.2) is 0 Å². The molecule has 0 bridgehead atoms. The highest BCUT2D eigenvalue weighted by atomic mass is 19.1. The molecule has 3 nitrogen and oxygen atoms in total. The zero-order valence-corrected chi connectivity index (χ0v) is 11.0. The molecule has 2 N–H and O–H groups in total. The largest absolute Gasteiger partial charge is 0.394 e. The van der Waals surface area contributed by atoms with Gasteiger partial charge in [0.1, 0.15) is 5.82 Å². The number of aliphatic hydroxyl groups is 1. The van der Waals surface area contributed by atoms with Crippen LogP contribution in [0.5, 0.6) is 0 Å². The highest BCUT2D eigenvalue weighted by molar-refractivity contribution is 5.48. The lowest BCUT2D eigenvalue weighted by atomic mass is 9.94. The Morgan fingerprint density at radius 2 is 1.95 bits per heavy atom. The lowest BCUT2D eigenvalue weighted by molar-refractivity contribution is 0.223. The Balaban J connectivity index is 2.30. The minimum atomic E-state index is -0.773. The number of aliphatic hydroxyl groups excluding tert-OH is 1. The molecular formula is C15H17FN2O. The first-order valence-electron chi connectivity index (χ1n) is 6.10. The average molecular weight is 260 g/mol. The van der Waals surface area contributed by atoms with Crippen LogP contribution in [0.2, 0.25) is 0 Å².